The predicted octanol–water partition coefficient (Wildman–Crippen LogP) is 1.33. The Bertz CT molecular complexity index is 288. The number of carboxylic acids is 1. The van der Waals surface area contributed by atoms with Gasteiger partial charge in [-0.2, -0.15) is 0 Å². The van der Waals surface area contributed by atoms with E-state index in [1.807, 2.05) is 0 Å². The number of carboxylic acid groups (broad SMARTS) is 1. The summed E-state index contributed by atoms with van der Waals surface area (Å²) in [5.74, 6) is -0.774. The molecule has 0 amide bonds. The van der Waals surface area contributed by atoms with Crippen LogP contribution in [0.4, 0.5) is 0 Å². The highest BCUT2D eigenvalue weighted by Gasteiger charge is 2.30. The van der Waals surface area contributed by atoms with Crippen molar-refractivity contribution in [3.63, 3.8) is 0 Å². The van der Waals surface area contributed by atoms with Gasteiger partial charge in [-0.1, -0.05) is 0 Å². The zero-order valence-corrected chi connectivity index (χ0v) is 12.6. The van der Waals surface area contributed by atoms with E-state index in [0.29, 0.717) is 18.6 Å². The number of nitrogens with zero attached hydrogens (tertiary/aromatic N) is 1. The Hall–Kier alpha value is -0.650. The van der Waals surface area contributed by atoms with E-state index in [2.05, 4.69) is 24.1 Å². The molecule has 19 heavy (non-hydrogen) atoms. The lowest BCUT2D eigenvalue weighted by atomic mass is 9.95. The van der Waals surface area contributed by atoms with E-state index < -0.39 is 11.5 Å². The zero-order valence-electron chi connectivity index (χ0n) is 12.6. The molecule has 2 N–H and O–H groups in total. The van der Waals surface area contributed by atoms with Crippen LogP contribution in [-0.2, 0) is 9.53 Å². The van der Waals surface area contributed by atoms with Crippen LogP contribution in [0, 0.1) is 0 Å². The number of nitrogens with one attached hydrogen (secondary N) is 1. The first-order chi connectivity index (χ1) is 8.87. The molecular formula is C14H28N2O3. The van der Waals surface area contributed by atoms with Crippen LogP contribution in [0.5, 0.6) is 0 Å². The maximum Gasteiger partial charge on any atom is 0.323 e. The minimum Gasteiger partial charge on any atom is -0.480 e. The maximum atomic E-state index is 11.1. The van der Waals surface area contributed by atoms with E-state index in [1.54, 1.807) is 14.0 Å². The van der Waals surface area contributed by atoms with Crippen LogP contribution in [-0.4, -0.2) is 60.4 Å². The molecule has 112 valence electrons. The monoisotopic (exact) mass is 272 g/mol. The Kier molecular flexibility index (Phi) is 6.23. The molecule has 5 nitrogen and oxygen atoms in total. The molecule has 3 atom stereocenters. The lowest BCUT2D eigenvalue weighted by Crippen LogP contribution is -2.48. The Morgan fingerprint density at radius 1 is 1.37 bits per heavy atom. The van der Waals surface area contributed by atoms with Gasteiger partial charge in [-0.3, -0.25) is 9.69 Å². The van der Waals surface area contributed by atoms with Crippen molar-refractivity contribution in [2.75, 3.05) is 26.7 Å². The number of morpholine rings is 1. The Morgan fingerprint density at radius 2 is 1.95 bits per heavy atom. The number of likely N-dealkylation sites (N-methyl/N-ethyl adjacent to an activating group) is 1. The first-order valence-corrected chi connectivity index (χ1v) is 7.17. The molecule has 0 aromatic heterocycles. The largest absolute Gasteiger partial charge is 0.480 e. The van der Waals surface area contributed by atoms with Crippen molar-refractivity contribution in [3.8, 4) is 0 Å². The highest BCUT2D eigenvalue weighted by molar-refractivity contribution is 5.78. The second kappa shape index (κ2) is 7.22. The van der Waals surface area contributed by atoms with Gasteiger partial charge in [0.25, 0.3) is 0 Å². The van der Waals surface area contributed by atoms with E-state index >= 15 is 0 Å². The smallest absolute Gasteiger partial charge is 0.323 e. The molecule has 1 aliphatic rings. The fourth-order valence-corrected chi connectivity index (χ4v) is 2.62. The summed E-state index contributed by atoms with van der Waals surface area (Å²) in [4.78, 5) is 13.6. The quantitative estimate of drug-likeness (QED) is 0.685. The summed E-state index contributed by atoms with van der Waals surface area (Å²) in [5.41, 5.74) is -0.800. The molecule has 0 aromatic rings. The second-order valence-electron chi connectivity index (χ2n) is 5.86. The van der Waals surface area contributed by atoms with Crippen molar-refractivity contribution >= 4 is 5.97 Å². The van der Waals surface area contributed by atoms with Crippen molar-refractivity contribution < 1.29 is 14.6 Å². The van der Waals surface area contributed by atoms with Crippen LogP contribution < -0.4 is 5.32 Å². The van der Waals surface area contributed by atoms with Gasteiger partial charge in [0, 0.05) is 13.1 Å². The van der Waals surface area contributed by atoms with Gasteiger partial charge in [-0.25, -0.2) is 0 Å². The molecule has 0 aromatic carbocycles. The molecule has 1 unspecified atom stereocenters. The Morgan fingerprint density at radius 3 is 2.42 bits per heavy atom. The summed E-state index contributed by atoms with van der Waals surface area (Å²) in [6.45, 7) is 8.93. The number of rotatable bonds is 7. The topological polar surface area (TPSA) is 61.8 Å². The summed E-state index contributed by atoms with van der Waals surface area (Å²) < 4.78 is 5.70. The van der Waals surface area contributed by atoms with Gasteiger partial charge in [-0.15, -0.1) is 0 Å². The summed E-state index contributed by atoms with van der Waals surface area (Å²) in [6.07, 6.45) is 3.21. The van der Waals surface area contributed by atoms with E-state index in [-0.39, 0.29) is 0 Å². The van der Waals surface area contributed by atoms with Crippen LogP contribution in [0.25, 0.3) is 0 Å². The van der Waals surface area contributed by atoms with Crippen LogP contribution in [0.1, 0.15) is 40.0 Å². The first-order valence-electron chi connectivity index (χ1n) is 7.17. The average Bonchev–Trinajstić information content (AvgIpc) is 2.33. The lowest BCUT2D eigenvalue weighted by molar-refractivity contribution is -0.144. The molecule has 1 rings (SSSR count). The number of hydrogen-bond acceptors (Lipinski definition) is 4. The predicted molar refractivity (Wildman–Crippen MR) is 75.4 cm³/mol. The normalized spacial score (nSPS) is 28.0. The molecule has 0 saturated carbocycles. The minimum atomic E-state index is -0.800. The van der Waals surface area contributed by atoms with E-state index in [0.717, 1.165) is 32.5 Å². The number of unbranched alkanes of at least 4 members (excludes halogenated alkanes) is 1. The summed E-state index contributed by atoms with van der Waals surface area (Å²) in [6, 6.07) is 0. The van der Waals surface area contributed by atoms with Crippen molar-refractivity contribution in [3.05, 3.63) is 0 Å². The Balaban J connectivity index is 2.25. The average molecular weight is 272 g/mol. The molecule has 1 heterocycles. The van der Waals surface area contributed by atoms with Gasteiger partial charge in [0.15, 0.2) is 0 Å². The fourth-order valence-electron chi connectivity index (χ4n) is 2.62. The zero-order chi connectivity index (χ0) is 14.5. The third-order valence-electron chi connectivity index (χ3n) is 3.92. The molecule has 0 spiro atoms. The number of carbonyl (C=O) groups is 1. The van der Waals surface area contributed by atoms with Crippen LogP contribution in [0.2, 0.25) is 0 Å². The maximum absolute atomic E-state index is 11.1. The SMILES string of the molecule is CNC(C)(CCCCN1C[C@@H](C)O[C@@H](C)C1)C(=O)O. The van der Waals surface area contributed by atoms with Gasteiger partial charge in [0.2, 0.25) is 0 Å². The molecule has 1 saturated heterocycles. The summed E-state index contributed by atoms with van der Waals surface area (Å²) >= 11 is 0. The van der Waals surface area contributed by atoms with Crippen molar-refractivity contribution in [1.82, 2.24) is 10.2 Å². The first kappa shape index (κ1) is 16.4. The van der Waals surface area contributed by atoms with E-state index in [9.17, 15) is 4.79 Å². The van der Waals surface area contributed by atoms with Crippen molar-refractivity contribution in [2.24, 2.45) is 0 Å². The van der Waals surface area contributed by atoms with E-state index in [4.69, 9.17) is 9.84 Å². The number of ether oxygens (including phenoxy) is 1. The summed E-state index contributed by atoms with van der Waals surface area (Å²) in [7, 11) is 1.71. The third-order valence-corrected chi connectivity index (χ3v) is 3.92. The second-order valence-corrected chi connectivity index (χ2v) is 5.86. The van der Waals surface area contributed by atoms with Crippen LogP contribution in [0.3, 0.4) is 0 Å². The number of hydrogen-bond donors (Lipinski definition) is 2. The van der Waals surface area contributed by atoms with Gasteiger partial charge in [0.05, 0.1) is 12.2 Å². The molecule has 0 radical (unpaired) electrons. The molecule has 0 bridgehead atoms. The fraction of sp³-hybridized carbons (Fsp3) is 0.929. The van der Waals surface area contributed by atoms with E-state index in [1.165, 1.54) is 0 Å². The molecule has 0 aliphatic carbocycles. The summed E-state index contributed by atoms with van der Waals surface area (Å²) in [5, 5.41) is 12.1. The van der Waals surface area contributed by atoms with Crippen LogP contribution >= 0.6 is 0 Å². The van der Waals surface area contributed by atoms with Gasteiger partial charge in [-0.05, 0) is 53.6 Å². The minimum absolute atomic E-state index is 0.297. The van der Waals surface area contributed by atoms with Crippen LogP contribution in [0.15, 0.2) is 0 Å². The van der Waals surface area contributed by atoms with Gasteiger partial charge < -0.3 is 15.2 Å². The third kappa shape index (κ3) is 5.09. The van der Waals surface area contributed by atoms with Gasteiger partial charge in [0.1, 0.15) is 5.54 Å². The molecule has 5 heteroatoms. The highest BCUT2D eigenvalue weighted by atomic mass is 16.5. The Labute approximate surface area is 116 Å². The lowest BCUT2D eigenvalue weighted by Gasteiger charge is -2.35. The van der Waals surface area contributed by atoms with Crippen molar-refractivity contribution in [1.29, 1.82) is 0 Å². The number of aliphatic carboxylic acids is 1. The highest BCUT2D eigenvalue weighted by Crippen LogP contribution is 2.16. The molecule has 1 fully saturated rings. The van der Waals surface area contributed by atoms with Gasteiger partial charge >= 0.3 is 5.97 Å². The molecular weight excluding hydrogens is 244 g/mol. The molecule has 1 aliphatic heterocycles. The standard InChI is InChI=1S/C14H28N2O3/c1-11-9-16(10-12(2)19-11)8-6-5-7-14(3,15-4)13(17)18/h11-12,15H,5-10H2,1-4H3,(H,17,18)/t11-,12+,14?. The van der Waals surface area contributed by atoms with Crippen molar-refractivity contribution in [2.45, 2.75) is 57.8 Å².